The molecule has 3 N–H and O–H groups in total. The van der Waals surface area contributed by atoms with Crippen LogP contribution in [0.2, 0.25) is 0 Å². The molecule has 0 unspecified atom stereocenters. The molecule has 7 nitrogen and oxygen atoms in total. The second-order valence-corrected chi connectivity index (χ2v) is 5.32. The molecule has 7 heteroatoms. The number of pyridine rings is 1. The van der Waals surface area contributed by atoms with Crippen LogP contribution in [0.25, 0.3) is 0 Å². The summed E-state index contributed by atoms with van der Waals surface area (Å²) in [6, 6.07) is 2.99. The monoisotopic (exact) mass is 279 g/mol. The maximum absolute atomic E-state index is 10.6. The van der Waals surface area contributed by atoms with Crippen LogP contribution >= 0.6 is 0 Å². The number of likely N-dealkylation sites (tertiary alicyclic amines) is 1. The fourth-order valence-electron chi connectivity index (χ4n) is 2.48. The molecule has 20 heavy (non-hydrogen) atoms. The van der Waals surface area contributed by atoms with E-state index >= 15 is 0 Å². The highest BCUT2D eigenvalue weighted by atomic mass is 16.6. The maximum atomic E-state index is 10.6. The molecule has 0 aliphatic carbocycles. The van der Waals surface area contributed by atoms with Gasteiger partial charge in [0, 0.05) is 12.6 Å². The largest absolute Gasteiger partial charge is 0.378 e. The zero-order valence-corrected chi connectivity index (χ0v) is 11.7. The highest BCUT2D eigenvalue weighted by molar-refractivity contribution is 5.57. The summed E-state index contributed by atoms with van der Waals surface area (Å²) in [5, 5.41) is 13.8. The summed E-state index contributed by atoms with van der Waals surface area (Å²) in [5.74, 6) is 1.30. The van der Waals surface area contributed by atoms with Crippen LogP contribution < -0.4 is 11.1 Å². The van der Waals surface area contributed by atoms with Crippen molar-refractivity contribution < 1.29 is 4.92 Å². The van der Waals surface area contributed by atoms with Gasteiger partial charge in [0.25, 0.3) is 0 Å². The Balaban J connectivity index is 1.79. The lowest BCUT2D eigenvalue weighted by Gasteiger charge is -2.28. The molecule has 1 aromatic rings. The Hall–Kier alpha value is -1.89. The smallest absolute Gasteiger partial charge is 0.311 e. The molecular weight excluding hydrogens is 258 g/mol. The third-order valence-corrected chi connectivity index (χ3v) is 3.80. The first-order chi connectivity index (χ1) is 9.56. The van der Waals surface area contributed by atoms with Crippen molar-refractivity contribution in [3.8, 4) is 0 Å². The molecule has 1 aromatic heterocycles. The van der Waals surface area contributed by atoms with E-state index in [0.29, 0.717) is 5.82 Å². The van der Waals surface area contributed by atoms with E-state index in [1.165, 1.54) is 18.9 Å². The number of nitro groups is 1. The number of piperidine rings is 1. The minimum atomic E-state index is -0.523. The first kappa shape index (κ1) is 14.5. The van der Waals surface area contributed by atoms with E-state index < -0.39 is 4.92 Å². The van der Waals surface area contributed by atoms with Gasteiger partial charge >= 0.3 is 5.69 Å². The van der Waals surface area contributed by atoms with E-state index in [0.717, 1.165) is 32.0 Å². The summed E-state index contributed by atoms with van der Waals surface area (Å²) in [6.07, 6.45) is 3.55. The molecule has 0 atom stereocenters. The SMILES string of the molecule is CN1CCC(CCNc2ccc([N+](=O)[O-])c(N)n2)CC1. The van der Waals surface area contributed by atoms with Gasteiger partial charge in [-0.1, -0.05) is 0 Å². The van der Waals surface area contributed by atoms with Gasteiger partial charge in [-0.3, -0.25) is 10.1 Å². The van der Waals surface area contributed by atoms with Gasteiger partial charge in [0.15, 0.2) is 0 Å². The molecular formula is C13H21N5O2. The first-order valence-corrected chi connectivity index (χ1v) is 6.89. The summed E-state index contributed by atoms with van der Waals surface area (Å²) in [6.45, 7) is 3.14. The molecule has 1 fully saturated rings. The zero-order valence-electron chi connectivity index (χ0n) is 11.7. The second kappa shape index (κ2) is 6.51. The zero-order chi connectivity index (χ0) is 14.5. The van der Waals surface area contributed by atoms with E-state index in [4.69, 9.17) is 5.73 Å². The Labute approximate surface area is 118 Å². The lowest BCUT2D eigenvalue weighted by molar-refractivity contribution is -0.384. The number of hydrogen-bond donors (Lipinski definition) is 2. The van der Waals surface area contributed by atoms with Crippen LogP contribution in [0, 0.1) is 16.0 Å². The number of nitrogens with two attached hydrogens (primary N) is 1. The Kier molecular flexibility index (Phi) is 4.73. The molecule has 0 aromatic carbocycles. The number of anilines is 2. The van der Waals surface area contributed by atoms with Gasteiger partial charge in [0.05, 0.1) is 4.92 Å². The summed E-state index contributed by atoms with van der Waals surface area (Å²) in [5.41, 5.74) is 5.41. The number of rotatable bonds is 5. The Morgan fingerprint density at radius 2 is 2.20 bits per heavy atom. The van der Waals surface area contributed by atoms with Crippen molar-refractivity contribution >= 4 is 17.3 Å². The number of aromatic nitrogens is 1. The van der Waals surface area contributed by atoms with E-state index in [-0.39, 0.29) is 11.5 Å². The average molecular weight is 279 g/mol. The second-order valence-electron chi connectivity index (χ2n) is 5.32. The third kappa shape index (κ3) is 3.80. The van der Waals surface area contributed by atoms with Crippen molar-refractivity contribution in [1.29, 1.82) is 0 Å². The minimum absolute atomic E-state index is 0.0423. The van der Waals surface area contributed by atoms with Crippen LogP contribution in [0.3, 0.4) is 0 Å². The van der Waals surface area contributed by atoms with Crippen molar-refractivity contribution in [2.24, 2.45) is 5.92 Å². The standard InChI is InChI=1S/C13H21N5O2/c1-17-8-5-10(6-9-17)4-7-15-12-3-2-11(18(19)20)13(14)16-12/h2-3,10H,4-9H2,1H3,(H3,14,15,16). The molecule has 0 spiro atoms. The molecule has 0 amide bonds. The number of nitrogens with zero attached hydrogens (tertiary/aromatic N) is 3. The normalized spacial score (nSPS) is 17.1. The predicted octanol–water partition coefficient (Wildman–Crippen LogP) is 1.72. The van der Waals surface area contributed by atoms with Crippen LogP contribution in [0.5, 0.6) is 0 Å². The molecule has 1 aliphatic rings. The third-order valence-electron chi connectivity index (χ3n) is 3.80. The molecule has 0 radical (unpaired) electrons. The molecule has 2 rings (SSSR count). The number of nitrogen functional groups attached to an aromatic ring is 1. The van der Waals surface area contributed by atoms with E-state index in [2.05, 4.69) is 22.2 Å². The van der Waals surface area contributed by atoms with Gasteiger partial charge in [0.1, 0.15) is 5.82 Å². The van der Waals surface area contributed by atoms with E-state index in [9.17, 15) is 10.1 Å². The number of nitrogens with one attached hydrogen (secondary N) is 1. The van der Waals surface area contributed by atoms with Crippen LogP contribution in [0.1, 0.15) is 19.3 Å². The van der Waals surface area contributed by atoms with Crippen LogP contribution in [-0.4, -0.2) is 41.5 Å². The molecule has 0 saturated carbocycles. The van der Waals surface area contributed by atoms with Gasteiger partial charge in [0.2, 0.25) is 5.82 Å². The summed E-state index contributed by atoms with van der Waals surface area (Å²) in [4.78, 5) is 16.5. The van der Waals surface area contributed by atoms with Crippen molar-refractivity contribution in [3.05, 3.63) is 22.2 Å². The summed E-state index contributed by atoms with van der Waals surface area (Å²) < 4.78 is 0. The molecule has 1 saturated heterocycles. The van der Waals surface area contributed by atoms with Gasteiger partial charge in [-0.25, -0.2) is 4.98 Å². The van der Waals surface area contributed by atoms with Crippen molar-refractivity contribution in [2.45, 2.75) is 19.3 Å². The lowest BCUT2D eigenvalue weighted by atomic mass is 9.94. The maximum Gasteiger partial charge on any atom is 0.311 e. The van der Waals surface area contributed by atoms with Crippen molar-refractivity contribution in [2.75, 3.05) is 37.7 Å². The minimum Gasteiger partial charge on any atom is -0.378 e. The van der Waals surface area contributed by atoms with Crippen molar-refractivity contribution in [1.82, 2.24) is 9.88 Å². The van der Waals surface area contributed by atoms with Crippen LogP contribution in [-0.2, 0) is 0 Å². The van der Waals surface area contributed by atoms with Gasteiger partial charge in [-0.2, -0.15) is 0 Å². The summed E-state index contributed by atoms with van der Waals surface area (Å²) >= 11 is 0. The van der Waals surface area contributed by atoms with E-state index in [1.54, 1.807) is 6.07 Å². The average Bonchev–Trinajstić information content (AvgIpc) is 2.41. The summed E-state index contributed by atoms with van der Waals surface area (Å²) in [7, 11) is 2.15. The number of hydrogen-bond acceptors (Lipinski definition) is 6. The van der Waals surface area contributed by atoms with Crippen LogP contribution in [0.15, 0.2) is 12.1 Å². The molecule has 110 valence electrons. The Morgan fingerprint density at radius 1 is 1.50 bits per heavy atom. The Bertz CT molecular complexity index is 472. The van der Waals surface area contributed by atoms with Gasteiger partial charge < -0.3 is 16.0 Å². The van der Waals surface area contributed by atoms with E-state index in [1.807, 2.05) is 0 Å². The highest BCUT2D eigenvalue weighted by Gasteiger charge is 2.16. The van der Waals surface area contributed by atoms with Gasteiger partial charge in [-0.05, 0) is 51.4 Å². The highest BCUT2D eigenvalue weighted by Crippen LogP contribution is 2.22. The first-order valence-electron chi connectivity index (χ1n) is 6.89. The quantitative estimate of drug-likeness (QED) is 0.629. The van der Waals surface area contributed by atoms with Crippen molar-refractivity contribution in [3.63, 3.8) is 0 Å². The fraction of sp³-hybridized carbons (Fsp3) is 0.615. The molecule has 2 heterocycles. The Morgan fingerprint density at radius 3 is 2.80 bits per heavy atom. The topological polar surface area (TPSA) is 97.3 Å². The van der Waals surface area contributed by atoms with Crippen LogP contribution in [0.4, 0.5) is 17.3 Å². The fourth-order valence-corrected chi connectivity index (χ4v) is 2.48. The predicted molar refractivity (Wildman–Crippen MR) is 78.6 cm³/mol. The molecule has 1 aliphatic heterocycles. The van der Waals surface area contributed by atoms with Gasteiger partial charge in [-0.15, -0.1) is 0 Å². The molecule has 0 bridgehead atoms. The lowest BCUT2D eigenvalue weighted by Crippen LogP contribution is -2.30.